The van der Waals surface area contributed by atoms with Crippen LogP contribution in [0.4, 0.5) is 10.5 Å². The van der Waals surface area contributed by atoms with E-state index >= 15 is 0 Å². The quantitative estimate of drug-likeness (QED) is 0.909. The SMILES string of the molecule is Cc1ccc2cccc(NC(=O)N3CCCC(CC(N)=O)C3)c2n1. The Morgan fingerprint density at radius 3 is 2.96 bits per heavy atom. The van der Waals surface area contributed by atoms with Gasteiger partial charge in [-0.05, 0) is 37.8 Å². The number of aryl methyl sites for hydroxylation is 1. The number of nitrogens with one attached hydrogen (secondary N) is 1. The van der Waals surface area contributed by atoms with Crippen molar-refractivity contribution in [1.82, 2.24) is 9.88 Å². The summed E-state index contributed by atoms with van der Waals surface area (Å²) in [6.07, 6.45) is 2.15. The monoisotopic (exact) mass is 326 g/mol. The molecule has 6 heteroatoms. The molecule has 1 aliphatic heterocycles. The van der Waals surface area contributed by atoms with Gasteiger partial charge in [-0.1, -0.05) is 18.2 Å². The molecule has 1 aromatic carbocycles. The number of hydrogen-bond acceptors (Lipinski definition) is 3. The second kappa shape index (κ2) is 6.86. The van der Waals surface area contributed by atoms with Crippen LogP contribution in [0, 0.1) is 12.8 Å². The third kappa shape index (κ3) is 3.64. The number of benzene rings is 1. The number of fused-ring (bicyclic) bond motifs is 1. The van der Waals surface area contributed by atoms with Crippen molar-refractivity contribution in [2.24, 2.45) is 11.7 Å². The minimum Gasteiger partial charge on any atom is -0.370 e. The van der Waals surface area contributed by atoms with Gasteiger partial charge < -0.3 is 16.0 Å². The number of rotatable bonds is 3. The zero-order valence-electron chi connectivity index (χ0n) is 13.8. The van der Waals surface area contributed by atoms with Gasteiger partial charge in [-0.25, -0.2) is 4.79 Å². The maximum atomic E-state index is 12.6. The van der Waals surface area contributed by atoms with Crippen molar-refractivity contribution in [3.63, 3.8) is 0 Å². The van der Waals surface area contributed by atoms with Crippen LogP contribution in [-0.2, 0) is 4.79 Å². The van der Waals surface area contributed by atoms with Gasteiger partial charge >= 0.3 is 6.03 Å². The molecular formula is C18H22N4O2. The number of urea groups is 1. The van der Waals surface area contributed by atoms with E-state index < -0.39 is 0 Å². The number of carbonyl (C=O) groups excluding carboxylic acids is 2. The topological polar surface area (TPSA) is 88.3 Å². The average molecular weight is 326 g/mol. The zero-order valence-corrected chi connectivity index (χ0v) is 13.8. The van der Waals surface area contributed by atoms with Gasteiger partial charge in [0.15, 0.2) is 0 Å². The highest BCUT2D eigenvalue weighted by molar-refractivity contribution is 5.99. The van der Waals surface area contributed by atoms with Crippen LogP contribution >= 0.6 is 0 Å². The van der Waals surface area contributed by atoms with E-state index in [0.717, 1.165) is 29.4 Å². The van der Waals surface area contributed by atoms with Crippen molar-refractivity contribution in [2.45, 2.75) is 26.2 Å². The van der Waals surface area contributed by atoms with Crippen molar-refractivity contribution in [3.05, 3.63) is 36.0 Å². The highest BCUT2D eigenvalue weighted by atomic mass is 16.2. The Kier molecular flexibility index (Phi) is 4.64. The molecule has 3 N–H and O–H groups in total. The molecule has 24 heavy (non-hydrogen) atoms. The van der Waals surface area contributed by atoms with Crippen LogP contribution in [0.25, 0.3) is 10.9 Å². The number of likely N-dealkylation sites (tertiary alicyclic amines) is 1. The third-order valence-corrected chi connectivity index (χ3v) is 4.40. The lowest BCUT2D eigenvalue weighted by Gasteiger charge is -2.32. The third-order valence-electron chi connectivity index (χ3n) is 4.40. The molecule has 2 aromatic rings. The van der Waals surface area contributed by atoms with Gasteiger partial charge in [-0.2, -0.15) is 0 Å². The lowest BCUT2D eigenvalue weighted by molar-refractivity contribution is -0.119. The fourth-order valence-corrected chi connectivity index (χ4v) is 3.24. The van der Waals surface area contributed by atoms with Crippen LogP contribution in [0.15, 0.2) is 30.3 Å². The van der Waals surface area contributed by atoms with Gasteiger partial charge in [0.1, 0.15) is 0 Å². The Hall–Kier alpha value is -2.63. The first-order chi connectivity index (χ1) is 11.5. The standard InChI is InChI=1S/C18H22N4O2/c1-12-7-8-14-5-2-6-15(17(14)20-12)21-18(24)22-9-3-4-13(11-22)10-16(19)23/h2,5-8,13H,3-4,9-11H2,1H3,(H2,19,23)(H,21,24). The van der Waals surface area contributed by atoms with Gasteiger partial charge in [-0.15, -0.1) is 0 Å². The minimum absolute atomic E-state index is 0.148. The molecule has 0 spiro atoms. The Bertz CT molecular complexity index is 775. The van der Waals surface area contributed by atoms with Crippen LogP contribution in [-0.4, -0.2) is 34.9 Å². The number of aromatic nitrogens is 1. The predicted octanol–water partition coefficient (Wildman–Crippen LogP) is 2.66. The summed E-state index contributed by atoms with van der Waals surface area (Å²) < 4.78 is 0. The van der Waals surface area contributed by atoms with Gasteiger partial charge in [0, 0.05) is 30.6 Å². The van der Waals surface area contributed by atoms with Crippen molar-refractivity contribution in [2.75, 3.05) is 18.4 Å². The molecule has 1 atom stereocenters. The lowest BCUT2D eigenvalue weighted by atomic mass is 9.95. The summed E-state index contributed by atoms with van der Waals surface area (Å²) in [4.78, 5) is 30.0. The summed E-state index contributed by atoms with van der Waals surface area (Å²) in [5, 5.41) is 3.95. The van der Waals surface area contributed by atoms with E-state index in [2.05, 4.69) is 10.3 Å². The first kappa shape index (κ1) is 16.2. The molecule has 0 radical (unpaired) electrons. The second-order valence-electron chi connectivity index (χ2n) is 6.38. The Balaban J connectivity index is 1.75. The van der Waals surface area contributed by atoms with Gasteiger partial charge in [0.25, 0.3) is 0 Å². The number of amides is 3. The summed E-state index contributed by atoms with van der Waals surface area (Å²) in [6.45, 7) is 3.18. The average Bonchev–Trinajstić information content (AvgIpc) is 2.55. The number of anilines is 1. The molecule has 6 nitrogen and oxygen atoms in total. The number of primary amides is 1. The lowest BCUT2D eigenvalue weighted by Crippen LogP contribution is -2.43. The highest BCUT2D eigenvalue weighted by Gasteiger charge is 2.25. The van der Waals surface area contributed by atoms with Crippen LogP contribution < -0.4 is 11.1 Å². The minimum atomic E-state index is -0.309. The molecule has 3 rings (SSSR count). The normalized spacial score (nSPS) is 17.7. The molecule has 0 saturated carbocycles. The fourth-order valence-electron chi connectivity index (χ4n) is 3.24. The molecule has 0 aliphatic carbocycles. The molecule has 0 bridgehead atoms. The molecule has 1 unspecified atom stereocenters. The van der Waals surface area contributed by atoms with Crippen molar-refractivity contribution in [1.29, 1.82) is 0 Å². The van der Waals surface area contributed by atoms with Crippen LogP contribution in [0.1, 0.15) is 25.0 Å². The number of carbonyl (C=O) groups is 2. The first-order valence-electron chi connectivity index (χ1n) is 8.23. The maximum Gasteiger partial charge on any atom is 0.321 e. The molecular weight excluding hydrogens is 304 g/mol. The second-order valence-corrected chi connectivity index (χ2v) is 6.38. The van der Waals surface area contributed by atoms with Crippen LogP contribution in [0.2, 0.25) is 0 Å². The van der Waals surface area contributed by atoms with E-state index in [9.17, 15) is 9.59 Å². The molecule has 1 saturated heterocycles. The van der Waals surface area contributed by atoms with E-state index in [-0.39, 0.29) is 17.9 Å². The highest BCUT2D eigenvalue weighted by Crippen LogP contribution is 2.24. The van der Waals surface area contributed by atoms with Crippen LogP contribution in [0.5, 0.6) is 0 Å². The summed E-state index contributed by atoms with van der Waals surface area (Å²) in [7, 11) is 0. The summed E-state index contributed by atoms with van der Waals surface area (Å²) >= 11 is 0. The fraction of sp³-hybridized carbons (Fsp3) is 0.389. The molecule has 126 valence electrons. The molecule has 1 aliphatic rings. The number of nitrogens with two attached hydrogens (primary N) is 1. The first-order valence-corrected chi connectivity index (χ1v) is 8.23. The number of piperidine rings is 1. The van der Waals surface area contributed by atoms with E-state index in [0.29, 0.717) is 25.2 Å². The summed E-state index contributed by atoms with van der Waals surface area (Å²) in [5.74, 6) is -0.161. The smallest absolute Gasteiger partial charge is 0.321 e. The number of para-hydroxylation sites is 1. The molecule has 3 amide bonds. The number of pyridine rings is 1. The van der Waals surface area contributed by atoms with Crippen molar-refractivity contribution in [3.8, 4) is 0 Å². The van der Waals surface area contributed by atoms with E-state index in [1.54, 1.807) is 4.90 Å². The van der Waals surface area contributed by atoms with Crippen molar-refractivity contribution < 1.29 is 9.59 Å². The maximum absolute atomic E-state index is 12.6. The zero-order chi connectivity index (χ0) is 17.1. The van der Waals surface area contributed by atoms with E-state index in [1.165, 1.54) is 0 Å². The number of nitrogens with zero attached hydrogens (tertiary/aromatic N) is 2. The Morgan fingerprint density at radius 1 is 1.33 bits per heavy atom. The largest absolute Gasteiger partial charge is 0.370 e. The molecule has 1 aromatic heterocycles. The van der Waals surface area contributed by atoms with Gasteiger partial charge in [0.05, 0.1) is 11.2 Å². The Morgan fingerprint density at radius 2 is 2.17 bits per heavy atom. The molecule has 2 heterocycles. The predicted molar refractivity (Wildman–Crippen MR) is 93.6 cm³/mol. The van der Waals surface area contributed by atoms with E-state index in [1.807, 2.05) is 37.3 Å². The number of hydrogen-bond donors (Lipinski definition) is 2. The summed E-state index contributed by atoms with van der Waals surface area (Å²) in [6, 6.07) is 9.53. The van der Waals surface area contributed by atoms with Gasteiger partial charge in [0.2, 0.25) is 5.91 Å². The van der Waals surface area contributed by atoms with E-state index in [4.69, 9.17) is 5.73 Å². The summed E-state index contributed by atoms with van der Waals surface area (Å²) in [5.41, 5.74) is 7.68. The van der Waals surface area contributed by atoms with Crippen LogP contribution in [0.3, 0.4) is 0 Å². The molecule has 1 fully saturated rings. The van der Waals surface area contributed by atoms with Crippen molar-refractivity contribution >= 4 is 28.5 Å². The van der Waals surface area contributed by atoms with Gasteiger partial charge in [-0.3, -0.25) is 9.78 Å². The Labute approximate surface area is 141 Å².